The number of rotatable bonds is 0. The number of likely N-dealkylation sites (tertiary alicyclic amines) is 1. The molecule has 1 heteroatoms. The van der Waals surface area contributed by atoms with Crippen LogP contribution < -0.4 is 0 Å². The lowest BCUT2D eigenvalue weighted by molar-refractivity contribution is -0.0261. The van der Waals surface area contributed by atoms with E-state index in [1.54, 1.807) is 0 Å². The van der Waals surface area contributed by atoms with Crippen LogP contribution in [-0.4, -0.2) is 25.0 Å². The molecule has 2 atom stereocenters. The van der Waals surface area contributed by atoms with Crippen LogP contribution in [0.25, 0.3) is 0 Å². The number of hydrogen-bond acceptors (Lipinski definition) is 1. The van der Waals surface area contributed by atoms with Crippen LogP contribution >= 0.6 is 0 Å². The van der Waals surface area contributed by atoms with Crippen LogP contribution in [0.1, 0.15) is 32.6 Å². The highest BCUT2D eigenvalue weighted by molar-refractivity contribution is 4.97. The quantitative estimate of drug-likeness (QED) is 0.515. The monoisotopic (exact) mass is 153 g/mol. The molecule has 0 bridgehead atoms. The first-order valence-electron chi connectivity index (χ1n) is 4.91. The van der Waals surface area contributed by atoms with E-state index in [-0.39, 0.29) is 0 Å². The van der Waals surface area contributed by atoms with Gasteiger partial charge in [0, 0.05) is 6.54 Å². The first-order valence-corrected chi connectivity index (χ1v) is 4.91. The SMILES string of the molecule is CC1CC[C@]12CCCN(C)C2. The molecule has 0 radical (unpaired) electrons. The van der Waals surface area contributed by atoms with Gasteiger partial charge in [0.2, 0.25) is 0 Å². The minimum absolute atomic E-state index is 0.757. The van der Waals surface area contributed by atoms with Crippen molar-refractivity contribution in [1.82, 2.24) is 4.90 Å². The second-order valence-electron chi connectivity index (χ2n) is 4.64. The summed E-state index contributed by atoms with van der Waals surface area (Å²) in [5.41, 5.74) is 0.757. The Morgan fingerprint density at radius 3 is 2.55 bits per heavy atom. The van der Waals surface area contributed by atoms with E-state index in [1.807, 2.05) is 0 Å². The van der Waals surface area contributed by atoms with Gasteiger partial charge in [0.15, 0.2) is 0 Å². The predicted molar refractivity (Wildman–Crippen MR) is 47.6 cm³/mol. The molecule has 2 aliphatic rings. The van der Waals surface area contributed by atoms with Gasteiger partial charge < -0.3 is 4.90 Å². The zero-order valence-electron chi connectivity index (χ0n) is 7.77. The molecule has 2 rings (SSSR count). The summed E-state index contributed by atoms with van der Waals surface area (Å²) >= 11 is 0. The molecule has 64 valence electrons. The Hall–Kier alpha value is -0.0400. The van der Waals surface area contributed by atoms with Gasteiger partial charge in [-0.2, -0.15) is 0 Å². The van der Waals surface area contributed by atoms with E-state index in [1.165, 1.54) is 38.8 Å². The second-order valence-corrected chi connectivity index (χ2v) is 4.64. The van der Waals surface area contributed by atoms with E-state index >= 15 is 0 Å². The van der Waals surface area contributed by atoms with E-state index in [9.17, 15) is 0 Å². The van der Waals surface area contributed by atoms with Crippen molar-refractivity contribution in [2.24, 2.45) is 11.3 Å². The highest BCUT2D eigenvalue weighted by atomic mass is 15.1. The van der Waals surface area contributed by atoms with Crippen LogP contribution in [0.3, 0.4) is 0 Å². The van der Waals surface area contributed by atoms with Crippen LogP contribution in [0.5, 0.6) is 0 Å². The molecule has 1 saturated carbocycles. The third-order valence-corrected chi connectivity index (χ3v) is 3.92. The fourth-order valence-electron chi connectivity index (χ4n) is 2.84. The average molecular weight is 153 g/mol. The molecular weight excluding hydrogens is 134 g/mol. The molecule has 11 heavy (non-hydrogen) atoms. The first kappa shape index (κ1) is 7.60. The van der Waals surface area contributed by atoms with Crippen molar-refractivity contribution in [3.8, 4) is 0 Å². The summed E-state index contributed by atoms with van der Waals surface area (Å²) in [5, 5.41) is 0. The molecule has 1 saturated heterocycles. The molecule has 1 unspecified atom stereocenters. The molecule has 1 aliphatic carbocycles. The van der Waals surface area contributed by atoms with Crippen molar-refractivity contribution in [2.75, 3.05) is 20.1 Å². The standard InChI is InChI=1S/C10H19N/c1-9-4-6-10(9)5-3-7-11(2)8-10/h9H,3-8H2,1-2H3/t9?,10-/m0/s1. The molecule has 0 aromatic carbocycles. The lowest BCUT2D eigenvalue weighted by Crippen LogP contribution is -2.50. The van der Waals surface area contributed by atoms with Crippen molar-refractivity contribution >= 4 is 0 Å². The summed E-state index contributed by atoms with van der Waals surface area (Å²) in [6.45, 7) is 5.13. The van der Waals surface area contributed by atoms with Crippen molar-refractivity contribution in [3.63, 3.8) is 0 Å². The highest BCUT2D eigenvalue weighted by Gasteiger charge is 2.45. The molecule has 0 aromatic heterocycles. The molecule has 0 amide bonds. The average Bonchev–Trinajstić information content (AvgIpc) is 2.02. The van der Waals surface area contributed by atoms with Crippen molar-refractivity contribution < 1.29 is 0 Å². The summed E-state index contributed by atoms with van der Waals surface area (Å²) in [6.07, 6.45) is 5.91. The van der Waals surface area contributed by atoms with E-state index in [0.717, 1.165) is 11.3 Å². The van der Waals surface area contributed by atoms with Crippen LogP contribution in [0.4, 0.5) is 0 Å². The second kappa shape index (κ2) is 2.48. The molecule has 1 spiro atoms. The van der Waals surface area contributed by atoms with Gasteiger partial charge in [-0.1, -0.05) is 6.92 Å². The number of piperidine rings is 1. The Morgan fingerprint density at radius 1 is 1.36 bits per heavy atom. The van der Waals surface area contributed by atoms with Gasteiger partial charge in [-0.3, -0.25) is 0 Å². The topological polar surface area (TPSA) is 3.24 Å². The summed E-state index contributed by atoms with van der Waals surface area (Å²) in [5.74, 6) is 1.00. The van der Waals surface area contributed by atoms with Gasteiger partial charge in [-0.15, -0.1) is 0 Å². The largest absolute Gasteiger partial charge is 0.306 e. The molecule has 1 aliphatic heterocycles. The third kappa shape index (κ3) is 1.10. The minimum atomic E-state index is 0.757. The zero-order chi connectivity index (χ0) is 7.90. The lowest BCUT2D eigenvalue weighted by Gasteiger charge is -2.53. The molecule has 2 fully saturated rings. The number of hydrogen-bond donors (Lipinski definition) is 0. The van der Waals surface area contributed by atoms with E-state index < -0.39 is 0 Å². The van der Waals surface area contributed by atoms with E-state index in [0.29, 0.717) is 0 Å². The zero-order valence-corrected chi connectivity index (χ0v) is 7.77. The lowest BCUT2D eigenvalue weighted by atomic mass is 9.57. The maximum absolute atomic E-state index is 2.51. The Labute approximate surface area is 69.8 Å². The van der Waals surface area contributed by atoms with Crippen molar-refractivity contribution in [1.29, 1.82) is 0 Å². The molecule has 0 N–H and O–H groups in total. The third-order valence-electron chi connectivity index (χ3n) is 3.92. The maximum atomic E-state index is 2.51. The smallest absolute Gasteiger partial charge is 0.00375 e. The predicted octanol–water partition coefficient (Wildman–Crippen LogP) is 2.13. The van der Waals surface area contributed by atoms with Gasteiger partial charge in [-0.05, 0) is 50.6 Å². The maximum Gasteiger partial charge on any atom is 0.00375 e. The summed E-state index contributed by atoms with van der Waals surface area (Å²) in [7, 11) is 2.27. The van der Waals surface area contributed by atoms with Crippen LogP contribution in [0.15, 0.2) is 0 Å². The molecular formula is C10H19N. The Morgan fingerprint density at radius 2 is 2.18 bits per heavy atom. The van der Waals surface area contributed by atoms with E-state index in [4.69, 9.17) is 0 Å². The van der Waals surface area contributed by atoms with Crippen LogP contribution in [-0.2, 0) is 0 Å². The van der Waals surface area contributed by atoms with Gasteiger partial charge >= 0.3 is 0 Å². The van der Waals surface area contributed by atoms with Crippen molar-refractivity contribution in [2.45, 2.75) is 32.6 Å². The van der Waals surface area contributed by atoms with E-state index in [2.05, 4.69) is 18.9 Å². The fourth-order valence-corrected chi connectivity index (χ4v) is 2.84. The highest BCUT2D eigenvalue weighted by Crippen LogP contribution is 2.51. The molecule has 1 heterocycles. The Balaban J connectivity index is 2.01. The van der Waals surface area contributed by atoms with Gasteiger partial charge in [0.05, 0.1) is 0 Å². The van der Waals surface area contributed by atoms with Crippen molar-refractivity contribution in [3.05, 3.63) is 0 Å². The first-order chi connectivity index (χ1) is 5.23. The van der Waals surface area contributed by atoms with Gasteiger partial charge in [-0.25, -0.2) is 0 Å². The number of nitrogens with zero attached hydrogens (tertiary/aromatic N) is 1. The fraction of sp³-hybridized carbons (Fsp3) is 1.00. The molecule has 0 aromatic rings. The summed E-state index contributed by atoms with van der Waals surface area (Å²) in [4.78, 5) is 2.51. The Kier molecular flexibility index (Phi) is 1.71. The summed E-state index contributed by atoms with van der Waals surface area (Å²) in [6, 6.07) is 0. The van der Waals surface area contributed by atoms with Gasteiger partial charge in [0.25, 0.3) is 0 Å². The van der Waals surface area contributed by atoms with Gasteiger partial charge in [0.1, 0.15) is 0 Å². The molecule has 1 nitrogen and oxygen atoms in total. The summed E-state index contributed by atoms with van der Waals surface area (Å²) < 4.78 is 0. The minimum Gasteiger partial charge on any atom is -0.306 e. The normalized spacial score (nSPS) is 45.8. The van der Waals surface area contributed by atoms with Crippen LogP contribution in [0.2, 0.25) is 0 Å². The Bertz CT molecular complexity index is 155. The van der Waals surface area contributed by atoms with Crippen LogP contribution in [0, 0.1) is 11.3 Å².